The summed E-state index contributed by atoms with van der Waals surface area (Å²) in [5, 5.41) is 20.6. The second-order valence-electron chi connectivity index (χ2n) is 8.68. The summed E-state index contributed by atoms with van der Waals surface area (Å²) in [6, 6.07) is 11.0. The maximum atomic E-state index is 12.7. The van der Waals surface area contributed by atoms with Gasteiger partial charge in [-0.2, -0.15) is 0 Å². The Hall–Kier alpha value is -2.60. The van der Waals surface area contributed by atoms with Gasteiger partial charge in [0.1, 0.15) is 17.6 Å². The number of benzene rings is 1. The summed E-state index contributed by atoms with van der Waals surface area (Å²) in [5.74, 6) is 1.72. The van der Waals surface area contributed by atoms with Crippen molar-refractivity contribution >= 4 is 5.91 Å². The van der Waals surface area contributed by atoms with Gasteiger partial charge in [0.25, 0.3) is 0 Å². The number of aryl methyl sites for hydroxylation is 3. The van der Waals surface area contributed by atoms with Crippen LogP contribution in [0.3, 0.4) is 0 Å². The number of amides is 1. The normalized spacial score (nSPS) is 25.8. The Bertz CT molecular complexity index is 916. The average Bonchev–Trinajstić information content (AvgIpc) is 3.12. The van der Waals surface area contributed by atoms with Gasteiger partial charge in [0, 0.05) is 25.2 Å². The molecule has 0 unspecified atom stereocenters. The van der Waals surface area contributed by atoms with Crippen LogP contribution in [0, 0.1) is 25.7 Å². The number of carbonyl (C=O) groups excluding carboxylic acids is 1. The van der Waals surface area contributed by atoms with Crippen molar-refractivity contribution in [3.05, 3.63) is 53.3 Å². The predicted molar refractivity (Wildman–Crippen MR) is 113 cm³/mol. The summed E-state index contributed by atoms with van der Waals surface area (Å²) in [6.07, 6.45) is 1.49. The molecule has 6 nitrogen and oxygen atoms in total. The predicted octanol–water partition coefficient (Wildman–Crippen LogP) is 3.01. The van der Waals surface area contributed by atoms with Gasteiger partial charge < -0.3 is 19.8 Å². The molecule has 160 valence electrons. The highest BCUT2D eigenvalue weighted by atomic mass is 16.5. The van der Waals surface area contributed by atoms with E-state index in [9.17, 15) is 15.0 Å². The number of pyridine rings is 1. The van der Waals surface area contributed by atoms with Crippen molar-refractivity contribution in [3.8, 4) is 11.5 Å². The average molecular weight is 411 g/mol. The van der Waals surface area contributed by atoms with E-state index in [1.807, 2.05) is 43.0 Å². The summed E-state index contributed by atoms with van der Waals surface area (Å²) >= 11 is 0. The number of carbonyl (C=O) groups is 1. The third-order valence-corrected chi connectivity index (χ3v) is 6.49. The number of ether oxygens (including phenoxy) is 1. The van der Waals surface area contributed by atoms with Crippen LogP contribution in [-0.4, -0.2) is 51.3 Å². The molecule has 1 aromatic heterocycles. The molecule has 6 heteroatoms. The fraction of sp³-hybridized carbons (Fsp3) is 0.500. The van der Waals surface area contributed by atoms with Gasteiger partial charge in [-0.3, -0.25) is 9.78 Å². The zero-order valence-electron chi connectivity index (χ0n) is 17.6. The van der Waals surface area contributed by atoms with Gasteiger partial charge in [0.15, 0.2) is 0 Å². The highest BCUT2D eigenvalue weighted by Crippen LogP contribution is 2.38. The standard InChI is InChI=1S/C24H30N2O4/c1-15-7-9-22(16(2)25-15)30-23-12-19-14-26(13-18(19)11-21(23)28)24(29)10-8-17-5-3-4-6-20(17)27/h3-7,9,18-19,21,23,27-28H,8,10-14H2,1-2H3/t18-,19+,21+,23+/m0/s1. The fourth-order valence-corrected chi connectivity index (χ4v) is 4.80. The van der Waals surface area contributed by atoms with Crippen molar-refractivity contribution < 1.29 is 19.7 Å². The summed E-state index contributed by atoms with van der Waals surface area (Å²) in [4.78, 5) is 19.1. The Labute approximate surface area is 177 Å². The quantitative estimate of drug-likeness (QED) is 0.792. The number of phenolic OH excluding ortho intramolecular Hbond substituents is 1. The van der Waals surface area contributed by atoms with E-state index in [2.05, 4.69) is 4.98 Å². The zero-order chi connectivity index (χ0) is 21.3. The van der Waals surface area contributed by atoms with E-state index in [1.54, 1.807) is 12.1 Å². The lowest BCUT2D eigenvalue weighted by Gasteiger charge is -2.35. The molecule has 4 atom stereocenters. The Morgan fingerprint density at radius 3 is 2.60 bits per heavy atom. The van der Waals surface area contributed by atoms with Crippen molar-refractivity contribution in [2.45, 2.75) is 51.7 Å². The SMILES string of the molecule is Cc1ccc(O[C@@H]2C[C@@H]3CN(C(=O)CCc4ccccc4O)C[C@@H]3C[C@H]2O)c(C)n1. The van der Waals surface area contributed by atoms with Crippen LogP contribution in [0.5, 0.6) is 11.5 Å². The number of fused-ring (bicyclic) bond motifs is 1. The zero-order valence-corrected chi connectivity index (χ0v) is 17.6. The third-order valence-electron chi connectivity index (χ3n) is 6.49. The van der Waals surface area contributed by atoms with Gasteiger partial charge >= 0.3 is 0 Å². The van der Waals surface area contributed by atoms with Crippen LogP contribution in [0.4, 0.5) is 0 Å². The first-order valence-corrected chi connectivity index (χ1v) is 10.7. The van der Waals surface area contributed by atoms with Gasteiger partial charge in [0.2, 0.25) is 5.91 Å². The first-order valence-electron chi connectivity index (χ1n) is 10.7. The second-order valence-corrected chi connectivity index (χ2v) is 8.68. The number of aromatic nitrogens is 1. The number of hydrogen-bond acceptors (Lipinski definition) is 5. The number of aliphatic hydroxyl groups is 1. The van der Waals surface area contributed by atoms with Gasteiger partial charge in [0.05, 0.1) is 11.8 Å². The topological polar surface area (TPSA) is 82.9 Å². The first kappa shape index (κ1) is 20.7. The van der Waals surface area contributed by atoms with Crippen LogP contribution >= 0.6 is 0 Å². The van der Waals surface area contributed by atoms with Gasteiger partial charge in [-0.1, -0.05) is 18.2 Å². The van der Waals surface area contributed by atoms with E-state index < -0.39 is 6.10 Å². The van der Waals surface area contributed by atoms with Crippen LogP contribution in [0.2, 0.25) is 0 Å². The van der Waals surface area contributed by atoms with Crippen LogP contribution in [0.15, 0.2) is 36.4 Å². The smallest absolute Gasteiger partial charge is 0.222 e. The maximum absolute atomic E-state index is 12.7. The lowest BCUT2D eigenvalue weighted by molar-refractivity contribution is -0.130. The van der Waals surface area contributed by atoms with Crippen LogP contribution in [0.1, 0.15) is 36.2 Å². The van der Waals surface area contributed by atoms with E-state index in [1.165, 1.54) is 0 Å². The number of rotatable bonds is 5. The summed E-state index contributed by atoms with van der Waals surface area (Å²) < 4.78 is 6.13. The van der Waals surface area contributed by atoms with Crippen LogP contribution in [-0.2, 0) is 11.2 Å². The van der Waals surface area contributed by atoms with Crippen LogP contribution < -0.4 is 4.74 Å². The minimum atomic E-state index is -0.539. The van der Waals surface area contributed by atoms with E-state index in [4.69, 9.17) is 4.74 Å². The molecule has 0 bridgehead atoms. The molecule has 1 aliphatic heterocycles. The molecule has 1 aliphatic carbocycles. The fourth-order valence-electron chi connectivity index (χ4n) is 4.80. The number of phenols is 1. The molecular formula is C24H30N2O4. The van der Waals surface area contributed by atoms with Crippen LogP contribution in [0.25, 0.3) is 0 Å². The number of nitrogens with zero attached hydrogens (tertiary/aromatic N) is 2. The molecule has 2 aliphatic rings. The molecule has 0 spiro atoms. The molecule has 0 radical (unpaired) electrons. The van der Waals surface area contributed by atoms with Crippen molar-refractivity contribution in [2.24, 2.45) is 11.8 Å². The minimum Gasteiger partial charge on any atom is -0.508 e. The monoisotopic (exact) mass is 410 g/mol. The number of likely N-dealkylation sites (tertiary alicyclic amines) is 1. The molecule has 1 amide bonds. The molecule has 1 saturated carbocycles. The lowest BCUT2D eigenvalue weighted by atomic mass is 9.78. The molecule has 2 heterocycles. The highest BCUT2D eigenvalue weighted by Gasteiger charge is 2.43. The summed E-state index contributed by atoms with van der Waals surface area (Å²) in [7, 11) is 0. The van der Waals surface area contributed by atoms with E-state index in [-0.39, 0.29) is 17.8 Å². The second kappa shape index (κ2) is 8.64. The molecule has 2 N–H and O–H groups in total. The Kier molecular flexibility index (Phi) is 5.95. The van der Waals surface area contributed by atoms with Crippen molar-refractivity contribution in [2.75, 3.05) is 13.1 Å². The first-order chi connectivity index (χ1) is 14.4. The number of hydrogen-bond donors (Lipinski definition) is 2. The minimum absolute atomic E-state index is 0.109. The van der Waals surface area contributed by atoms with E-state index in [0.29, 0.717) is 44.2 Å². The van der Waals surface area contributed by atoms with Crippen molar-refractivity contribution in [3.63, 3.8) is 0 Å². The maximum Gasteiger partial charge on any atom is 0.222 e. The number of aromatic hydroxyl groups is 1. The van der Waals surface area contributed by atoms with E-state index in [0.717, 1.165) is 29.1 Å². The molecule has 1 aromatic carbocycles. The summed E-state index contributed by atoms with van der Waals surface area (Å²) in [6.45, 7) is 5.27. The Morgan fingerprint density at radius 2 is 1.87 bits per heavy atom. The van der Waals surface area contributed by atoms with Crippen molar-refractivity contribution in [1.29, 1.82) is 0 Å². The molecule has 2 fully saturated rings. The van der Waals surface area contributed by atoms with Crippen molar-refractivity contribution in [1.82, 2.24) is 9.88 Å². The van der Waals surface area contributed by atoms with Gasteiger partial charge in [-0.15, -0.1) is 0 Å². The molecule has 1 saturated heterocycles. The van der Waals surface area contributed by atoms with Gasteiger partial charge in [-0.05, 0) is 68.7 Å². The highest BCUT2D eigenvalue weighted by molar-refractivity contribution is 5.77. The largest absolute Gasteiger partial charge is 0.508 e. The van der Waals surface area contributed by atoms with Gasteiger partial charge in [-0.25, -0.2) is 0 Å². The third kappa shape index (κ3) is 4.43. The van der Waals surface area contributed by atoms with E-state index >= 15 is 0 Å². The lowest BCUT2D eigenvalue weighted by Crippen LogP contribution is -2.42. The number of para-hydroxylation sites is 1. The molecular weight excluding hydrogens is 380 g/mol. The number of aliphatic hydroxyl groups excluding tert-OH is 1. The molecule has 4 rings (SSSR count). The molecule has 2 aromatic rings. The molecule has 30 heavy (non-hydrogen) atoms. The Balaban J connectivity index is 1.34. The summed E-state index contributed by atoms with van der Waals surface area (Å²) in [5.41, 5.74) is 2.57. The Morgan fingerprint density at radius 1 is 1.13 bits per heavy atom.